The Kier molecular flexibility index (Phi) is 3.72. The highest BCUT2D eigenvalue weighted by molar-refractivity contribution is 7.18. The van der Waals surface area contributed by atoms with Crippen molar-refractivity contribution in [3.63, 3.8) is 0 Å². The largest absolute Gasteiger partial charge is 0.454 e. The Hall–Kier alpha value is -3.45. The second-order valence-corrected chi connectivity index (χ2v) is 6.97. The molecule has 27 heavy (non-hydrogen) atoms. The van der Waals surface area contributed by atoms with Crippen molar-refractivity contribution >= 4 is 33.1 Å². The molecule has 0 fully saturated rings. The van der Waals surface area contributed by atoms with E-state index in [0.29, 0.717) is 27.2 Å². The Morgan fingerprint density at radius 2 is 1.78 bits per heavy atom. The van der Waals surface area contributed by atoms with Gasteiger partial charge in [-0.1, -0.05) is 41.7 Å². The number of nitrogens with one attached hydrogen (secondary N) is 1. The lowest BCUT2D eigenvalue weighted by molar-refractivity contribution is 0.102. The van der Waals surface area contributed by atoms with E-state index in [-0.39, 0.29) is 12.7 Å². The van der Waals surface area contributed by atoms with E-state index in [1.165, 1.54) is 11.3 Å². The van der Waals surface area contributed by atoms with E-state index in [1.807, 2.05) is 54.6 Å². The second kappa shape index (κ2) is 6.37. The molecule has 4 aromatic rings. The topological polar surface area (TPSA) is 73.3 Å². The summed E-state index contributed by atoms with van der Waals surface area (Å²) >= 11 is 1.31. The van der Waals surface area contributed by atoms with Gasteiger partial charge in [-0.25, -0.2) is 0 Å². The number of fused-ring (bicyclic) bond motifs is 2. The zero-order valence-corrected chi connectivity index (χ0v) is 14.8. The van der Waals surface area contributed by atoms with Crippen LogP contribution in [0.2, 0.25) is 0 Å². The highest BCUT2D eigenvalue weighted by Gasteiger charge is 2.16. The Bertz CT molecular complexity index is 1170. The minimum atomic E-state index is -0.214. The van der Waals surface area contributed by atoms with Gasteiger partial charge in [-0.3, -0.25) is 10.1 Å². The van der Waals surface area contributed by atoms with E-state index in [4.69, 9.17) is 9.47 Å². The van der Waals surface area contributed by atoms with Gasteiger partial charge in [0.2, 0.25) is 11.9 Å². The van der Waals surface area contributed by atoms with Crippen molar-refractivity contribution in [2.45, 2.75) is 0 Å². The molecule has 132 valence electrons. The first-order valence-corrected chi connectivity index (χ1v) is 9.12. The molecule has 0 aliphatic carbocycles. The van der Waals surface area contributed by atoms with Crippen molar-refractivity contribution in [1.82, 2.24) is 10.2 Å². The highest BCUT2D eigenvalue weighted by atomic mass is 32.1. The van der Waals surface area contributed by atoms with Gasteiger partial charge in [-0.15, -0.1) is 10.2 Å². The van der Waals surface area contributed by atoms with Crippen LogP contribution in [0.5, 0.6) is 11.5 Å². The minimum absolute atomic E-state index is 0.214. The number of carbonyl (C=O) groups is 1. The van der Waals surface area contributed by atoms with Crippen LogP contribution in [0.25, 0.3) is 21.3 Å². The fourth-order valence-electron chi connectivity index (χ4n) is 2.92. The molecular weight excluding hydrogens is 362 g/mol. The number of amides is 1. The number of hydrogen-bond donors (Lipinski definition) is 1. The second-order valence-electron chi connectivity index (χ2n) is 6.00. The molecule has 7 heteroatoms. The van der Waals surface area contributed by atoms with Gasteiger partial charge in [0.15, 0.2) is 11.5 Å². The molecule has 1 aliphatic rings. The number of benzene rings is 3. The van der Waals surface area contributed by atoms with Crippen LogP contribution in [0.4, 0.5) is 5.13 Å². The number of carbonyl (C=O) groups excluding carboxylic acids is 1. The molecule has 1 aromatic heterocycles. The van der Waals surface area contributed by atoms with E-state index in [9.17, 15) is 4.79 Å². The first-order chi connectivity index (χ1) is 13.3. The van der Waals surface area contributed by atoms with Crippen LogP contribution in [0.15, 0.2) is 60.7 Å². The number of ether oxygens (including phenoxy) is 2. The zero-order valence-electron chi connectivity index (χ0n) is 14.0. The number of rotatable bonds is 3. The van der Waals surface area contributed by atoms with E-state index < -0.39 is 0 Å². The third-order valence-corrected chi connectivity index (χ3v) is 5.16. The molecule has 0 bridgehead atoms. The van der Waals surface area contributed by atoms with E-state index in [2.05, 4.69) is 15.5 Å². The molecule has 6 nitrogen and oxygen atoms in total. The van der Waals surface area contributed by atoms with Crippen LogP contribution in [-0.2, 0) is 0 Å². The summed E-state index contributed by atoms with van der Waals surface area (Å²) in [5.41, 5.74) is 1.44. The summed E-state index contributed by atoms with van der Waals surface area (Å²) in [6, 6.07) is 19.1. The van der Waals surface area contributed by atoms with Gasteiger partial charge in [0.1, 0.15) is 5.01 Å². The van der Waals surface area contributed by atoms with Crippen molar-refractivity contribution in [3.05, 3.63) is 66.2 Å². The number of aromatic nitrogens is 2. The van der Waals surface area contributed by atoms with Gasteiger partial charge < -0.3 is 9.47 Å². The normalized spacial score (nSPS) is 12.3. The van der Waals surface area contributed by atoms with E-state index in [0.717, 1.165) is 16.3 Å². The van der Waals surface area contributed by atoms with Gasteiger partial charge in [-0.2, -0.15) is 0 Å². The molecule has 3 aromatic carbocycles. The fraction of sp³-hybridized carbons (Fsp3) is 0.0500. The maximum Gasteiger partial charge on any atom is 0.257 e. The first kappa shape index (κ1) is 15.8. The van der Waals surface area contributed by atoms with E-state index >= 15 is 0 Å². The highest BCUT2D eigenvalue weighted by Crippen LogP contribution is 2.37. The summed E-state index contributed by atoms with van der Waals surface area (Å²) in [5, 5.41) is 14.3. The summed E-state index contributed by atoms with van der Waals surface area (Å²) in [4.78, 5) is 12.5. The lowest BCUT2D eigenvalue weighted by atomic mass is 10.1. The Morgan fingerprint density at radius 1 is 0.926 bits per heavy atom. The average Bonchev–Trinajstić information content (AvgIpc) is 3.36. The first-order valence-electron chi connectivity index (χ1n) is 8.30. The maximum absolute atomic E-state index is 12.5. The molecule has 0 unspecified atom stereocenters. The predicted octanol–water partition coefficient (Wildman–Crippen LogP) is 4.34. The molecule has 0 atom stereocenters. The van der Waals surface area contributed by atoms with Crippen molar-refractivity contribution in [2.75, 3.05) is 12.1 Å². The molecular formula is C20H13N3O3S. The van der Waals surface area contributed by atoms with E-state index in [1.54, 1.807) is 6.07 Å². The lowest BCUT2D eigenvalue weighted by Gasteiger charge is -2.03. The van der Waals surface area contributed by atoms with Crippen molar-refractivity contribution in [1.29, 1.82) is 0 Å². The van der Waals surface area contributed by atoms with Crippen LogP contribution >= 0.6 is 11.3 Å². The number of hydrogen-bond acceptors (Lipinski definition) is 6. The minimum Gasteiger partial charge on any atom is -0.454 e. The standard InChI is InChI=1S/C20H13N3O3S/c24-18(14-6-5-12-3-1-2-4-13(12)9-14)21-20-23-22-19(27-20)15-7-8-16-17(10-15)26-11-25-16/h1-10H,11H2,(H,21,23,24). The fourth-order valence-corrected chi connectivity index (χ4v) is 3.65. The lowest BCUT2D eigenvalue weighted by Crippen LogP contribution is -2.11. The molecule has 1 aliphatic heterocycles. The van der Waals surface area contributed by atoms with Crippen LogP contribution in [0.1, 0.15) is 10.4 Å². The summed E-state index contributed by atoms with van der Waals surface area (Å²) in [6.45, 7) is 0.224. The molecule has 2 heterocycles. The molecule has 0 saturated heterocycles. The Balaban J connectivity index is 1.37. The Morgan fingerprint density at radius 3 is 2.70 bits per heavy atom. The van der Waals surface area contributed by atoms with Crippen LogP contribution in [0, 0.1) is 0 Å². The van der Waals surface area contributed by atoms with Crippen molar-refractivity contribution in [3.8, 4) is 22.1 Å². The third kappa shape index (κ3) is 2.98. The van der Waals surface area contributed by atoms with Crippen LogP contribution in [-0.4, -0.2) is 22.9 Å². The SMILES string of the molecule is O=C(Nc1nnc(-c2ccc3c(c2)OCO3)s1)c1ccc2ccccc2c1. The smallest absolute Gasteiger partial charge is 0.257 e. The molecule has 1 amide bonds. The molecule has 0 radical (unpaired) electrons. The number of nitrogens with zero attached hydrogens (tertiary/aromatic N) is 2. The summed E-state index contributed by atoms with van der Waals surface area (Å²) < 4.78 is 10.7. The van der Waals surface area contributed by atoms with Crippen molar-refractivity contribution in [2.24, 2.45) is 0 Å². The van der Waals surface area contributed by atoms with Crippen molar-refractivity contribution < 1.29 is 14.3 Å². The zero-order chi connectivity index (χ0) is 18.2. The quantitative estimate of drug-likeness (QED) is 0.577. The molecule has 0 spiro atoms. The number of anilines is 1. The predicted molar refractivity (Wildman–Crippen MR) is 103 cm³/mol. The molecule has 0 saturated carbocycles. The monoisotopic (exact) mass is 375 g/mol. The van der Waals surface area contributed by atoms with Gasteiger partial charge in [0, 0.05) is 11.1 Å². The van der Waals surface area contributed by atoms with Crippen LogP contribution < -0.4 is 14.8 Å². The van der Waals surface area contributed by atoms with Gasteiger partial charge in [0.05, 0.1) is 0 Å². The van der Waals surface area contributed by atoms with Gasteiger partial charge >= 0.3 is 0 Å². The molecule has 1 N–H and O–H groups in total. The van der Waals surface area contributed by atoms with Gasteiger partial charge in [-0.05, 0) is 41.1 Å². The van der Waals surface area contributed by atoms with Crippen LogP contribution in [0.3, 0.4) is 0 Å². The summed E-state index contributed by atoms with van der Waals surface area (Å²) in [7, 11) is 0. The Labute approximate surface area is 158 Å². The molecule has 5 rings (SSSR count). The summed E-state index contributed by atoms with van der Waals surface area (Å²) in [5.74, 6) is 1.19. The summed E-state index contributed by atoms with van der Waals surface area (Å²) in [6.07, 6.45) is 0. The third-order valence-electron chi connectivity index (χ3n) is 4.28. The average molecular weight is 375 g/mol. The maximum atomic E-state index is 12.5. The van der Waals surface area contributed by atoms with Gasteiger partial charge in [0.25, 0.3) is 5.91 Å².